The van der Waals surface area contributed by atoms with Gasteiger partial charge in [0.15, 0.2) is 0 Å². The average Bonchev–Trinajstić information content (AvgIpc) is 3.22. The number of carbonyl (C=O) groups excluding carboxylic acids is 2. The molecule has 0 fully saturated rings. The molecule has 1 amide bonds. The number of hydrogen-bond donors (Lipinski definition) is 3. The van der Waals surface area contributed by atoms with Crippen LogP contribution in [0.5, 0.6) is 0 Å². The van der Waals surface area contributed by atoms with Crippen LogP contribution in [0.15, 0.2) is 24.3 Å². The van der Waals surface area contributed by atoms with Gasteiger partial charge < -0.3 is 20.3 Å². The molecule has 342 valence electrons. The molecule has 0 saturated carbocycles. The highest BCUT2D eigenvalue weighted by Gasteiger charge is 2.24. The molecule has 0 aliphatic heterocycles. The SMILES string of the molecule is CCCCCCCCC/C=C/C=C/CCCCCCCC(=O)OC(CCCCCCCCCC)CC(=O)NC(CO)C(O)CCCCCCCCCCCCCCC. The van der Waals surface area contributed by atoms with Gasteiger partial charge in [-0.1, -0.05) is 231 Å². The second kappa shape index (κ2) is 46.4. The van der Waals surface area contributed by atoms with Gasteiger partial charge in [-0.25, -0.2) is 0 Å². The number of aliphatic hydroxyl groups is 2. The molecule has 3 unspecified atom stereocenters. The Hall–Kier alpha value is -1.66. The largest absolute Gasteiger partial charge is 0.462 e. The van der Waals surface area contributed by atoms with E-state index in [-0.39, 0.29) is 24.9 Å². The predicted octanol–water partition coefficient (Wildman–Crippen LogP) is 15.1. The smallest absolute Gasteiger partial charge is 0.306 e. The van der Waals surface area contributed by atoms with Crippen molar-refractivity contribution in [2.75, 3.05) is 6.61 Å². The maximum absolute atomic E-state index is 13.1. The molecule has 0 radical (unpaired) electrons. The molecule has 0 aromatic rings. The summed E-state index contributed by atoms with van der Waals surface area (Å²) in [5.41, 5.74) is 0. The van der Waals surface area contributed by atoms with Crippen LogP contribution in [-0.2, 0) is 14.3 Å². The van der Waals surface area contributed by atoms with E-state index in [0.29, 0.717) is 19.3 Å². The molecule has 0 bridgehead atoms. The number of ether oxygens (including phenoxy) is 1. The minimum Gasteiger partial charge on any atom is -0.462 e. The van der Waals surface area contributed by atoms with Crippen molar-refractivity contribution in [2.24, 2.45) is 0 Å². The maximum atomic E-state index is 13.1. The lowest BCUT2D eigenvalue weighted by Crippen LogP contribution is -2.46. The van der Waals surface area contributed by atoms with Crippen LogP contribution in [0.1, 0.15) is 271 Å². The number of hydrogen-bond acceptors (Lipinski definition) is 5. The second-order valence-corrected chi connectivity index (χ2v) is 17.6. The zero-order valence-electron chi connectivity index (χ0n) is 38.9. The molecule has 6 heteroatoms. The van der Waals surface area contributed by atoms with E-state index in [0.717, 1.165) is 51.4 Å². The number of esters is 1. The maximum Gasteiger partial charge on any atom is 0.306 e. The van der Waals surface area contributed by atoms with Crippen molar-refractivity contribution in [3.8, 4) is 0 Å². The van der Waals surface area contributed by atoms with E-state index in [9.17, 15) is 19.8 Å². The van der Waals surface area contributed by atoms with E-state index < -0.39 is 18.2 Å². The highest BCUT2D eigenvalue weighted by molar-refractivity contribution is 5.77. The molecule has 3 atom stereocenters. The highest BCUT2D eigenvalue weighted by atomic mass is 16.5. The molecule has 0 spiro atoms. The zero-order chi connectivity index (χ0) is 42.4. The normalized spacial score (nSPS) is 13.4. The fraction of sp³-hybridized carbons (Fsp3) is 0.885. The van der Waals surface area contributed by atoms with Crippen LogP contribution in [0.25, 0.3) is 0 Å². The fourth-order valence-electron chi connectivity index (χ4n) is 7.89. The van der Waals surface area contributed by atoms with Gasteiger partial charge in [-0.15, -0.1) is 0 Å². The Kier molecular flexibility index (Phi) is 45.1. The first-order valence-corrected chi connectivity index (χ1v) is 25.6. The Morgan fingerprint density at radius 2 is 0.862 bits per heavy atom. The third kappa shape index (κ3) is 41.1. The molecule has 6 nitrogen and oxygen atoms in total. The number of aliphatic hydroxyl groups excluding tert-OH is 2. The second-order valence-electron chi connectivity index (χ2n) is 17.6. The van der Waals surface area contributed by atoms with Crippen LogP contribution >= 0.6 is 0 Å². The number of rotatable bonds is 46. The zero-order valence-corrected chi connectivity index (χ0v) is 38.9. The van der Waals surface area contributed by atoms with Crippen molar-refractivity contribution in [1.82, 2.24) is 5.32 Å². The number of carbonyl (C=O) groups is 2. The van der Waals surface area contributed by atoms with Gasteiger partial charge in [0.1, 0.15) is 6.10 Å². The lowest BCUT2D eigenvalue weighted by molar-refractivity contribution is -0.151. The van der Waals surface area contributed by atoms with Gasteiger partial charge in [0.2, 0.25) is 5.91 Å². The van der Waals surface area contributed by atoms with Crippen LogP contribution in [0, 0.1) is 0 Å². The predicted molar refractivity (Wildman–Crippen MR) is 250 cm³/mol. The number of allylic oxidation sites excluding steroid dienone is 4. The molecule has 0 aliphatic carbocycles. The first kappa shape index (κ1) is 56.3. The standard InChI is InChI=1S/C52H99NO5/c1-4-7-10-13-16-19-21-23-24-25-26-27-29-31-33-36-39-42-45-52(57)58-48(43-40-37-34-18-15-12-9-6-3)46-51(56)53-49(47-54)50(55)44-41-38-35-32-30-28-22-20-17-14-11-8-5-2/h24-27,48-50,54-55H,4-23,28-47H2,1-3H3,(H,53,56)/b25-24+,27-26+. The molecule has 0 saturated heterocycles. The van der Waals surface area contributed by atoms with Gasteiger partial charge in [0.25, 0.3) is 0 Å². The summed E-state index contributed by atoms with van der Waals surface area (Å²) >= 11 is 0. The summed E-state index contributed by atoms with van der Waals surface area (Å²) in [6.45, 7) is 6.46. The minimum atomic E-state index is -0.784. The molecule has 0 aliphatic rings. The average molecular weight is 818 g/mol. The van der Waals surface area contributed by atoms with E-state index in [1.165, 1.54) is 173 Å². The molecule has 0 heterocycles. The lowest BCUT2D eigenvalue weighted by atomic mass is 10.0. The summed E-state index contributed by atoms with van der Waals surface area (Å²) in [5.74, 6) is -0.483. The van der Waals surface area contributed by atoms with Crippen molar-refractivity contribution >= 4 is 11.9 Å². The van der Waals surface area contributed by atoms with E-state index in [2.05, 4.69) is 50.4 Å². The summed E-state index contributed by atoms with van der Waals surface area (Å²) in [6, 6.07) is -0.698. The fourth-order valence-corrected chi connectivity index (χ4v) is 7.89. The third-order valence-electron chi connectivity index (χ3n) is 11.8. The number of nitrogens with one attached hydrogen (secondary N) is 1. The molecule has 58 heavy (non-hydrogen) atoms. The topological polar surface area (TPSA) is 95.9 Å². The van der Waals surface area contributed by atoms with Crippen LogP contribution in [0.2, 0.25) is 0 Å². The van der Waals surface area contributed by atoms with Gasteiger partial charge in [-0.05, 0) is 51.4 Å². The highest BCUT2D eigenvalue weighted by Crippen LogP contribution is 2.18. The summed E-state index contributed by atoms with van der Waals surface area (Å²) in [4.78, 5) is 26.0. The van der Waals surface area contributed by atoms with Gasteiger partial charge in [0, 0.05) is 6.42 Å². The molecule has 0 rings (SSSR count). The van der Waals surface area contributed by atoms with Crippen LogP contribution in [0.3, 0.4) is 0 Å². The summed E-state index contributed by atoms with van der Waals surface area (Å²) in [7, 11) is 0. The lowest BCUT2D eigenvalue weighted by Gasteiger charge is -2.24. The first-order chi connectivity index (χ1) is 28.5. The number of unbranched alkanes of at least 4 members (excludes halogenated alkanes) is 31. The quantitative estimate of drug-likeness (QED) is 0.0323. The molecule has 0 aromatic carbocycles. The summed E-state index contributed by atoms with van der Waals surface area (Å²) in [5, 5.41) is 23.7. The monoisotopic (exact) mass is 818 g/mol. The Bertz CT molecular complexity index is 919. The van der Waals surface area contributed by atoms with Crippen molar-refractivity contribution in [2.45, 2.75) is 289 Å². The minimum absolute atomic E-state index is 0.0754. The first-order valence-electron chi connectivity index (χ1n) is 25.6. The molecule has 3 N–H and O–H groups in total. The van der Waals surface area contributed by atoms with E-state index in [1.807, 2.05) is 0 Å². The van der Waals surface area contributed by atoms with Gasteiger partial charge in [-0.3, -0.25) is 9.59 Å². The van der Waals surface area contributed by atoms with E-state index in [4.69, 9.17) is 4.74 Å². The Labute approximate surface area is 361 Å². The van der Waals surface area contributed by atoms with E-state index >= 15 is 0 Å². The summed E-state index contributed by atoms with van der Waals surface area (Å²) < 4.78 is 5.90. The van der Waals surface area contributed by atoms with Crippen molar-refractivity contribution in [3.05, 3.63) is 24.3 Å². The molecular weight excluding hydrogens is 719 g/mol. The summed E-state index contributed by atoms with van der Waals surface area (Å²) in [6.07, 6.45) is 52.4. The van der Waals surface area contributed by atoms with Crippen molar-refractivity contribution in [1.29, 1.82) is 0 Å². The van der Waals surface area contributed by atoms with Crippen molar-refractivity contribution < 1.29 is 24.5 Å². The van der Waals surface area contributed by atoms with Crippen LogP contribution in [-0.4, -0.2) is 46.9 Å². The Balaban J connectivity index is 4.42. The number of amides is 1. The van der Waals surface area contributed by atoms with E-state index in [1.54, 1.807) is 0 Å². The van der Waals surface area contributed by atoms with Gasteiger partial charge in [0.05, 0.1) is 25.2 Å². The van der Waals surface area contributed by atoms with Crippen LogP contribution < -0.4 is 5.32 Å². The van der Waals surface area contributed by atoms with Gasteiger partial charge in [-0.2, -0.15) is 0 Å². The van der Waals surface area contributed by atoms with Gasteiger partial charge >= 0.3 is 5.97 Å². The molecule has 0 aromatic heterocycles. The van der Waals surface area contributed by atoms with Crippen molar-refractivity contribution in [3.63, 3.8) is 0 Å². The molecular formula is C52H99NO5. The third-order valence-corrected chi connectivity index (χ3v) is 11.8. The Morgan fingerprint density at radius 1 is 0.500 bits per heavy atom. The Morgan fingerprint density at radius 3 is 1.28 bits per heavy atom. The van der Waals surface area contributed by atoms with Crippen LogP contribution in [0.4, 0.5) is 0 Å².